The fourth-order valence-corrected chi connectivity index (χ4v) is 2.62. The smallest absolute Gasteiger partial charge is 0.119 e. The van der Waals surface area contributed by atoms with Crippen LogP contribution in [-0.4, -0.2) is 7.11 Å². The van der Waals surface area contributed by atoms with Gasteiger partial charge in [0.15, 0.2) is 0 Å². The minimum atomic E-state index is 0.246. The second-order valence-electron chi connectivity index (χ2n) is 5.67. The van der Waals surface area contributed by atoms with Gasteiger partial charge in [0.05, 0.1) is 7.11 Å². The van der Waals surface area contributed by atoms with Crippen LogP contribution in [0.3, 0.4) is 0 Å². The van der Waals surface area contributed by atoms with Crippen LogP contribution in [0.5, 0.6) is 5.75 Å². The van der Waals surface area contributed by atoms with Gasteiger partial charge in [-0.05, 0) is 47.9 Å². The Kier molecular flexibility index (Phi) is 3.15. The van der Waals surface area contributed by atoms with E-state index in [-0.39, 0.29) is 6.04 Å². The van der Waals surface area contributed by atoms with Crippen LogP contribution in [0.1, 0.15) is 37.4 Å². The first-order valence-corrected chi connectivity index (χ1v) is 6.10. The lowest BCUT2D eigenvalue weighted by atomic mass is 9.94. The third-order valence-electron chi connectivity index (χ3n) is 3.98. The molecule has 1 aliphatic rings. The molecule has 3 heteroatoms. The highest BCUT2D eigenvalue weighted by molar-refractivity contribution is 5.37. The molecule has 0 heterocycles. The average molecular weight is 234 g/mol. The van der Waals surface area contributed by atoms with Crippen LogP contribution in [0, 0.1) is 18.3 Å². The summed E-state index contributed by atoms with van der Waals surface area (Å²) in [5, 5.41) is 0. The summed E-state index contributed by atoms with van der Waals surface area (Å²) < 4.78 is 5.23. The number of ether oxygens (including phenoxy) is 1. The number of rotatable bonds is 4. The van der Waals surface area contributed by atoms with Gasteiger partial charge in [0.25, 0.3) is 0 Å². The molecule has 2 unspecified atom stereocenters. The number of hydrogen-bond donors (Lipinski definition) is 2. The maximum Gasteiger partial charge on any atom is 0.119 e. The number of aryl methyl sites for hydroxylation is 1. The van der Waals surface area contributed by atoms with Crippen LogP contribution >= 0.6 is 0 Å². The summed E-state index contributed by atoms with van der Waals surface area (Å²) in [6.07, 6.45) is 1.23. The second-order valence-corrected chi connectivity index (χ2v) is 5.67. The largest absolute Gasteiger partial charge is 0.497 e. The van der Waals surface area contributed by atoms with Crippen molar-refractivity contribution in [3.8, 4) is 5.75 Å². The molecule has 0 amide bonds. The van der Waals surface area contributed by atoms with Crippen molar-refractivity contribution in [3.05, 3.63) is 29.3 Å². The fourth-order valence-electron chi connectivity index (χ4n) is 2.62. The highest BCUT2D eigenvalue weighted by Gasteiger charge is 2.50. The summed E-state index contributed by atoms with van der Waals surface area (Å²) in [4.78, 5) is 0. The molecule has 1 aromatic carbocycles. The van der Waals surface area contributed by atoms with E-state index in [1.54, 1.807) is 7.11 Å². The lowest BCUT2D eigenvalue weighted by molar-refractivity contribution is 0.409. The van der Waals surface area contributed by atoms with Gasteiger partial charge in [-0.2, -0.15) is 0 Å². The molecular weight excluding hydrogens is 212 g/mol. The summed E-state index contributed by atoms with van der Waals surface area (Å²) >= 11 is 0. The number of methoxy groups -OCH3 is 1. The summed E-state index contributed by atoms with van der Waals surface area (Å²) in [5.74, 6) is 7.25. The fraction of sp³-hybridized carbons (Fsp3) is 0.571. The normalized spacial score (nSPS) is 23.2. The number of hydrogen-bond acceptors (Lipinski definition) is 3. The predicted molar refractivity (Wildman–Crippen MR) is 69.7 cm³/mol. The zero-order chi connectivity index (χ0) is 12.6. The second kappa shape index (κ2) is 4.31. The third kappa shape index (κ3) is 2.31. The summed E-state index contributed by atoms with van der Waals surface area (Å²) in [5.41, 5.74) is 5.89. The Morgan fingerprint density at radius 2 is 2.12 bits per heavy atom. The molecule has 1 fully saturated rings. The Labute approximate surface area is 103 Å². The Morgan fingerprint density at radius 1 is 1.47 bits per heavy atom. The minimum Gasteiger partial charge on any atom is -0.497 e. The number of nitrogens with one attached hydrogen (secondary N) is 1. The molecule has 0 radical (unpaired) electrons. The van der Waals surface area contributed by atoms with Crippen LogP contribution in [0.15, 0.2) is 18.2 Å². The van der Waals surface area contributed by atoms with Crippen molar-refractivity contribution in [1.29, 1.82) is 0 Å². The molecule has 0 aromatic heterocycles. The minimum absolute atomic E-state index is 0.246. The quantitative estimate of drug-likeness (QED) is 0.621. The first-order chi connectivity index (χ1) is 7.99. The Balaban J connectivity index is 2.26. The van der Waals surface area contributed by atoms with Crippen LogP contribution in [-0.2, 0) is 0 Å². The molecule has 17 heavy (non-hydrogen) atoms. The molecule has 0 aliphatic heterocycles. The Bertz CT molecular complexity index is 415. The van der Waals surface area contributed by atoms with Crippen LogP contribution in [0.4, 0.5) is 0 Å². The van der Waals surface area contributed by atoms with Gasteiger partial charge in [-0.25, -0.2) is 0 Å². The molecule has 0 bridgehead atoms. The van der Waals surface area contributed by atoms with Gasteiger partial charge in [0, 0.05) is 6.04 Å². The molecular formula is C14H22N2O. The molecule has 3 nitrogen and oxygen atoms in total. The predicted octanol–water partition coefficient (Wildman–Crippen LogP) is 2.55. The lowest BCUT2D eigenvalue weighted by Gasteiger charge is -2.20. The van der Waals surface area contributed by atoms with Gasteiger partial charge in [0.1, 0.15) is 5.75 Å². The van der Waals surface area contributed by atoms with Crippen molar-refractivity contribution in [2.45, 2.75) is 33.2 Å². The van der Waals surface area contributed by atoms with Gasteiger partial charge in [-0.1, -0.05) is 19.9 Å². The maximum absolute atomic E-state index is 5.73. The van der Waals surface area contributed by atoms with E-state index < -0.39 is 0 Å². The molecule has 1 aliphatic carbocycles. The van der Waals surface area contributed by atoms with Gasteiger partial charge in [-0.3, -0.25) is 11.3 Å². The van der Waals surface area contributed by atoms with E-state index in [0.717, 1.165) is 5.75 Å². The van der Waals surface area contributed by atoms with Gasteiger partial charge in [0.2, 0.25) is 0 Å². The van der Waals surface area contributed by atoms with Crippen LogP contribution < -0.4 is 16.0 Å². The Morgan fingerprint density at radius 3 is 2.53 bits per heavy atom. The molecule has 1 saturated carbocycles. The van der Waals surface area contributed by atoms with E-state index in [0.29, 0.717) is 11.3 Å². The van der Waals surface area contributed by atoms with Crippen molar-refractivity contribution < 1.29 is 4.74 Å². The summed E-state index contributed by atoms with van der Waals surface area (Å²) in [6, 6.07) is 6.43. The van der Waals surface area contributed by atoms with Crippen LogP contribution in [0.25, 0.3) is 0 Å². The van der Waals surface area contributed by atoms with Gasteiger partial charge >= 0.3 is 0 Å². The van der Waals surface area contributed by atoms with E-state index in [1.807, 2.05) is 6.07 Å². The zero-order valence-electron chi connectivity index (χ0n) is 11.1. The van der Waals surface area contributed by atoms with E-state index in [1.165, 1.54) is 17.5 Å². The van der Waals surface area contributed by atoms with Gasteiger partial charge < -0.3 is 4.74 Å². The van der Waals surface area contributed by atoms with Gasteiger partial charge in [-0.15, -0.1) is 0 Å². The molecule has 0 saturated heterocycles. The monoisotopic (exact) mass is 234 g/mol. The van der Waals surface area contributed by atoms with Crippen molar-refractivity contribution in [2.75, 3.05) is 7.11 Å². The topological polar surface area (TPSA) is 47.3 Å². The number of benzene rings is 1. The molecule has 2 atom stereocenters. The third-order valence-corrected chi connectivity index (χ3v) is 3.98. The summed E-state index contributed by atoms with van der Waals surface area (Å²) in [7, 11) is 1.69. The van der Waals surface area contributed by atoms with Crippen molar-refractivity contribution >= 4 is 0 Å². The highest BCUT2D eigenvalue weighted by Crippen LogP contribution is 2.57. The maximum atomic E-state index is 5.73. The highest BCUT2D eigenvalue weighted by atomic mass is 16.5. The van der Waals surface area contributed by atoms with Crippen molar-refractivity contribution in [2.24, 2.45) is 17.2 Å². The SMILES string of the molecule is COc1ccc(C(NN)C2CC2(C)C)c(C)c1. The first kappa shape index (κ1) is 12.4. The van der Waals surface area contributed by atoms with Crippen LogP contribution in [0.2, 0.25) is 0 Å². The molecule has 94 valence electrons. The summed E-state index contributed by atoms with van der Waals surface area (Å²) in [6.45, 7) is 6.69. The number of hydrazine groups is 1. The zero-order valence-corrected chi connectivity index (χ0v) is 11.1. The van der Waals surface area contributed by atoms with E-state index in [9.17, 15) is 0 Å². The van der Waals surface area contributed by atoms with E-state index in [4.69, 9.17) is 10.6 Å². The van der Waals surface area contributed by atoms with E-state index in [2.05, 4.69) is 38.3 Å². The molecule has 1 aromatic rings. The van der Waals surface area contributed by atoms with E-state index >= 15 is 0 Å². The molecule has 2 rings (SSSR count). The first-order valence-electron chi connectivity index (χ1n) is 6.10. The average Bonchev–Trinajstić information content (AvgIpc) is 2.91. The van der Waals surface area contributed by atoms with Crippen molar-refractivity contribution in [3.63, 3.8) is 0 Å². The van der Waals surface area contributed by atoms with Crippen molar-refractivity contribution in [1.82, 2.24) is 5.43 Å². The Hall–Kier alpha value is -1.06. The lowest BCUT2D eigenvalue weighted by Crippen LogP contribution is -2.31. The standard InChI is InChI=1S/C14H22N2O/c1-9-7-10(17-4)5-6-11(9)13(16-15)12-8-14(12,2)3/h5-7,12-13,16H,8,15H2,1-4H3. The molecule has 3 N–H and O–H groups in total. The molecule has 0 spiro atoms. The number of nitrogens with two attached hydrogens (primary N) is 1.